The number of rotatable bonds is 3. The molecule has 0 heterocycles. The summed E-state index contributed by atoms with van der Waals surface area (Å²) in [6, 6.07) is 10.3. The van der Waals surface area contributed by atoms with Crippen molar-refractivity contribution >= 4 is 11.1 Å². The van der Waals surface area contributed by atoms with Crippen molar-refractivity contribution in [3.8, 4) is 11.8 Å². The van der Waals surface area contributed by atoms with Crippen LogP contribution in [0.15, 0.2) is 41.8 Å². The molecule has 1 atom stereocenters. The molecule has 0 amide bonds. The van der Waals surface area contributed by atoms with Crippen molar-refractivity contribution in [2.75, 3.05) is 0 Å². The van der Waals surface area contributed by atoms with Gasteiger partial charge in [-0.1, -0.05) is 24.8 Å². The molecule has 4 heteroatoms. The molecule has 1 unspecified atom stereocenters. The number of allylic oxidation sites excluding steroid dienone is 1. The number of nitrogens with zero attached hydrogens (tertiary/aromatic N) is 1. The van der Waals surface area contributed by atoms with Crippen molar-refractivity contribution in [1.82, 2.24) is 0 Å². The summed E-state index contributed by atoms with van der Waals surface area (Å²) < 4.78 is 16.0. The maximum atomic E-state index is 11.1. The highest BCUT2D eigenvalue weighted by Gasteiger charge is 2.05. The van der Waals surface area contributed by atoms with Gasteiger partial charge in [-0.05, 0) is 12.1 Å². The summed E-state index contributed by atoms with van der Waals surface area (Å²) in [6.07, 6.45) is 0. The molecule has 1 aromatic rings. The van der Waals surface area contributed by atoms with Crippen molar-refractivity contribution in [3.05, 3.63) is 41.8 Å². The van der Waals surface area contributed by atoms with Crippen LogP contribution in [0.5, 0.6) is 5.75 Å². The first-order valence-corrected chi connectivity index (χ1v) is 4.55. The lowest BCUT2D eigenvalue weighted by Gasteiger charge is -2.00. The molecule has 0 saturated carbocycles. The molecule has 3 nitrogen and oxygen atoms in total. The molecule has 0 aromatic heterocycles. The van der Waals surface area contributed by atoms with Crippen LogP contribution in [0.25, 0.3) is 0 Å². The topological polar surface area (TPSA) is 50.1 Å². The van der Waals surface area contributed by atoms with Gasteiger partial charge in [0, 0.05) is 0 Å². The average molecular weight is 193 g/mol. The average Bonchev–Trinajstić information content (AvgIpc) is 2.18. The maximum absolute atomic E-state index is 11.1. The third kappa shape index (κ3) is 2.73. The Morgan fingerprint density at radius 3 is 2.62 bits per heavy atom. The zero-order valence-electron chi connectivity index (χ0n) is 6.77. The fourth-order valence-corrected chi connectivity index (χ4v) is 1.11. The van der Waals surface area contributed by atoms with Gasteiger partial charge in [-0.3, -0.25) is 0 Å². The molecule has 1 aromatic carbocycles. The minimum absolute atomic E-state index is 0.0937. The zero-order chi connectivity index (χ0) is 9.68. The fourth-order valence-electron chi connectivity index (χ4n) is 0.651. The summed E-state index contributed by atoms with van der Waals surface area (Å²) in [5, 5.41) is 8.36. The van der Waals surface area contributed by atoms with Crippen LogP contribution in [0, 0.1) is 11.3 Å². The van der Waals surface area contributed by atoms with Gasteiger partial charge in [-0.15, -0.1) is 0 Å². The molecular weight excluding hydrogens is 186 g/mol. The fraction of sp³-hybridized carbons (Fsp3) is 0. The first-order valence-electron chi connectivity index (χ1n) is 3.48. The molecule has 13 heavy (non-hydrogen) atoms. The Morgan fingerprint density at radius 1 is 1.46 bits per heavy atom. The van der Waals surface area contributed by atoms with Gasteiger partial charge in [0.2, 0.25) is 0 Å². The second-order valence-electron chi connectivity index (χ2n) is 2.17. The zero-order valence-corrected chi connectivity index (χ0v) is 7.58. The number of hydrogen-bond acceptors (Lipinski definition) is 3. The summed E-state index contributed by atoms with van der Waals surface area (Å²) >= 11 is -1.77. The Hall–Kier alpha value is -1.60. The summed E-state index contributed by atoms with van der Waals surface area (Å²) in [6.45, 7) is 3.28. The number of benzene rings is 1. The highest BCUT2D eigenvalue weighted by Crippen LogP contribution is 2.12. The van der Waals surface area contributed by atoms with Crippen molar-refractivity contribution in [2.24, 2.45) is 0 Å². The summed E-state index contributed by atoms with van der Waals surface area (Å²) in [7, 11) is 0. The molecule has 0 N–H and O–H groups in total. The third-order valence-electron chi connectivity index (χ3n) is 1.24. The van der Waals surface area contributed by atoms with Crippen molar-refractivity contribution in [2.45, 2.75) is 0 Å². The summed E-state index contributed by atoms with van der Waals surface area (Å²) in [5.74, 6) is 0.456. The smallest absolute Gasteiger partial charge is 0.250 e. The minimum Gasteiger partial charge on any atom is -0.397 e. The maximum Gasteiger partial charge on any atom is 0.250 e. The van der Waals surface area contributed by atoms with Gasteiger partial charge in [0.15, 0.2) is 0 Å². The second-order valence-corrected chi connectivity index (χ2v) is 3.29. The normalized spacial score (nSPS) is 11.3. The number of hydrogen-bond donors (Lipinski definition) is 0. The van der Waals surface area contributed by atoms with Crippen molar-refractivity contribution in [3.63, 3.8) is 0 Å². The molecule has 1 rings (SSSR count). The Bertz CT molecular complexity index is 367. The van der Waals surface area contributed by atoms with E-state index < -0.39 is 11.1 Å². The SMILES string of the molecule is C=C(C#N)S(=O)Oc1ccccc1. The molecule has 0 saturated heterocycles. The van der Waals surface area contributed by atoms with Crippen LogP contribution in [0.2, 0.25) is 0 Å². The minimum atomic E-state index is -1.77. The van der Waals surface area contributed by atoms with Crippen molar-refractivity contribution in [1.29, 1.82) is 5.26 Å². The Labute approximate surface area is 78.9 Å². The molecule has 0 spiro atoms. The standard InChI is InChI=1S/C9H7NO2S/c1-8(7-10)13(11)12-9-5-3-2-4-6-9/h2-6H,1H2. The van der Waals surface area contributed by atoms with E-state index >= 15 is 0 Å². The largest absolute Gasteiger partial charge is 0.397 e. The van der Waals surface area contributed by atoms with Crippen LogP contribution < -0.4 is 4.18 Å². The highest BCUT2D eigenvalue weighted by atomic mass is 32.2. The van der Waals surface area contributed by atoms with Gasteiger partial charge in [0.05, 0.1) is 0 Å². The number of nitriles is 1. The van der Waals surface area contributed by atoms with Gasteiger partial charge in [0.25, 0.3) is 11.1 Å². The lowest BCUT2D eigenvalue weighted by molar-refractivity contribution is 0.569. The molecule has 0 aliphatic rings. The molecular formula is C9H7NO2S. The molecule has 0 bridgehead atoms. The highest BCUT2D eigenvalue weighted by molar-refractivity contribution is 7.85. The monoisotopic (exact) mass is 193 g/mol. The summed E-state index contributed by atoms with van der Waals surface area (Å²) in [4.78, 5) is -0.0937. The van der Waals surface area contributed by atoms with Crippen LogP contribution in [-0.2, 0) is 11.1 Å². The van der Waals surface area contributed by atoms with Crippen LogP contribution in [-0.4, -0.2) is 4.21 Å². The van der Waals surface area contributed by atoms with Crippen LogP contribution >= 0.6 is 0 Å². The van der Waals surface area contributed by atoms with E-state index in [-0.39, 0.29) is 4.91 Å². The van der Waals surface area contributed by atoms with Crippen LogP contribution in [0.4, 0.5) is 0 Å². The molecule has 0 radical (unpaired) electrons. The third-order valence-corrected chi connectivity index (χ3v) is 2.08. The van der Waals surface area contributed by atoms with E-state index in [1.807, 2.05) is 6.07 Å². The Balaban J connectivity index is 2.67. The van der Waals surface area contributed by atoms with E-state index in [0.717, 1.165) is 0 Å². The van der Waals surface area contributed by atoms with E-state index in [1.165, 1.54) is 0 Å². The molecule has 0 fully saturated rings. The Kier molecular flexibility index (Phi) is 3.23. The number of para-hydroxylation sites is 1. The van der Waals surface area contributed by atoms with Crippen molar-refractivity contribution < 1.29 is 8.39 Å². The van der Waals surface area contributed by atoms with Gasteiger partial charge in [-0.25, -0.2) is 4.21 Å². The molecule has 66 valence electrons. The predicted molar refractivity (Wildman–Crippen MR) is 50.0 cm³/mol. The molecule has 0 aliphatic carbocycles. The van der Waals surface area contributed by atoms with Crippen LogP contribution in [0.3, 0.4) is 0 Å². The quantitative estimate of drug-likeness (QED) is 0.687. The van der Waals surface area contributed by atoms with Crippen LogP contribution in [0.1, 0.15) is 0 Å². The van der Waals surface area contributed by atoms with E-state index in [9.17, 15) is 4.21 Å². The van der Waals surface area contributed by atoms with Gasteiger partial charge in [-0.2, -0.15) is 5.26 Å². The predicted octanol–water partition coefficient (Wildman–Crippen LogP) is 1.77. The molecule has 0 aliphatic heterocycles. The first-order chi connectivity index (χ1) is 6.24. The van der Waals surface area contributed by atoms with Gasteiger partial charge < -0.3 is 4.18 Å². The van der Waals surface area contributed by atoms with Gasteiger partial charge in [0.1, 0.15) is 16.7 Å². The van der Waals surface area contributed by atoms with E-state index in [2.05, 4.69) is 6.58 Å². The van der Waals surface area contributed by atoms with E-state index in [0.29, 0.717) is 5.75 Å². The van der Waals surface area contributed by atoms with E-state index in [1.54, 1.807) is 30.3 Å². The van der Waals surface area contributed by atoms with Gasteiger partial charge >= 0.3 is 0 Å². The Morgan fingerprint density at radius 2 is 2.08 bits per heavy atom. The lowest BCUT2D eigenvalue weighted by atomic mass is 10.3. The van der Waals surface area contributed by atoms with E-state index in [4.69, 9.17) is 9.44 Å². The first kappa shape index (κ1) is 9.49. The summed E-state index contributed by atoms with van der Waals surface area (Å²) in [5.41, 5.74) is 0. The second kappa shape index (κ2) is 4.43. The lowest BCUT2D eigenvalue weighted by Crippen LogP contribution is -2.00.